The van der Waals surface area contributed by atoms with E-state index in [1.54, 1.807) is 47.0 Å². The van der Waals surface area contributed by atoms with E-state index in [0.717, 1.165) is 137 Å². The second kappa shape index (κ2) is 26.2. The number of hydrogen-bond acceptors (Lipinski definition) is 12. The van der Waals surface area contributed by atoms with Crippen LogP contribution in [0.5, 0.6) is 23.0 Å². The molecule has 0 radical (unpaired) electrons. The molecule has 1 aliphatic heterocycles. The summed E-state index contributed by atoms with van der Waals surface area (Å²) in [7, 11) is 0. The SMILES string of the molecule is CC(C)(C)c1cc2c(OCCCCS)c(c1)Sc1cc(C(C)(C)C)cc(c1OCCCCS)Sc1cc(C(C)(C)C)cc(c1OCCCCS)Sc1cc(C(C)(C)C)cc(c1OCCCCS)S2. The van der Waals surface area contributed by atoms with Gasteiger partial charge >= 0.3 is 0 Å². The number of ether oxygens (including phenoxy) is 4. The molecule has 0 N–H and O–H groups in total. The van der Waals surface area contributed by atoms with Crippen molar-refractivity contribution < 1.29 is 18.9 Å². The third kappa shape index (κ3) is 16.4. The van der Waals surface area contributed by atoms with Gasteiger partial charge in [0.05, 0.1) is 65.6 Å². The standard InChI is InChI=1S/C56H80O4S8/c1-53(2,3)37-29-41-49(57-21-13-17-25-61)42(30-37)66-44-32-39(55(7,8)9)34-46(51(44)59-23-15-19-27-63)68-48-36-40(56(10,11)12)35-47(52(48)60-24-16-20-28-64)67-45-33-38(54(4,5)6)31-43(65-41)50(45)58-22-14-18-26-62/h29-36,61-64H,13-28H2,1-12H3. The zero-order valence-corrected chi connectivity index (χ0v) is 49.8. The van der Waals surface area contributed by atoms with E-state index < -0.39 is 0 Å². The summed E-state index contributed by atoms with van der Waals surface area (Å²) in [6.07, 6.45) is 7.53. The van der Waals surface area contributed by atoms with Crippen LogP contribution < -0.4 is 18.9 Å². The Labute approximate surface area is 451 Å². The van der Waals surface area contributed by atoms with Crippen molar-refractivity contribution in [3.05, 3.63) is 70.8 Å². The van der Waals surface area contributed by atoms with Crippen LogP contribution in [0, 0.1) is 0 Å². The van der Waals surface area contributed by atoms with E-state index in [2.05, 4.69) is 182 Å². The first-order valence-electron chi connectivity index (χ1n) is 24.5. The average Bonchev–Trinajstić information content (AvgIpc) is 3.24. The smallest absolute Gasteiger partial charge is 0.147 e. The first kappa shape index (κ1) is 57.8. The van der Waals surface area contributed by atoms with Crippen molar-refractivity contribution >= 4 is 97.6 Å². The van der Waals surface area contributed by atoms with Crippen molar-refractivity contribution in [3.8, 4) is 23.0 Å². The van der Waals surface area contributed by atoms with Crippen molar-refractivity contribution in [2.45, 2.75) is 195 Å². The predicted octanol–water partition coefficient (Wildman–Crippen LogP) is 18.1. The highest BCUT2D eigenvalue weighted by molar-refractivity contribution is 8.01. The minimum Gasteiger partial charge on any atom is -0.491 e. The molecule has 0 aromatic heterocycles. The number of hydrogen-bond donors (Lipinski definition) is 4. The van der Waals surface area contributed by atoms with E-state index >= 15 is 0 Å². The molecular formula is C56H80O4S8. The summed E-state index contributed by atoms with van der Waals surface area (Å²) in [6.45, 7) is 30.0. The van der Waals surface area contributed by atoms with Gasteiger partial charge < -0.3 is 18.9 Å². The minimum atomic E-state index is -0.145. The van der Waals surface area contributed by atoms with Gasteiger partial charge in [0, 0.05) is 0 Å². The lowest BCUT2D eigenvalue weighted by atomic mass is 9.87. The number of unbranched alkanes of at least 4 members (excludes halogenated alkanes) is 4. The summed E-state index contributed by atoms with van der Waals surface area (Å²) in [5.74, 6) is 6.84. The molecule has 0 fully saturated rings. The first-order chi connectivity index (χ1) is 32.1. The Balaban J connectivity index is 1.99. The van der Waals surface area contributed by atoms with Gasteiger partial charge in [-0.1, -0.05) is 130 Å². The molecule has 0 amide bonds. The number of rotatable bonds is 20. The lowest BCUT2D eigenvalue weighted by Gasteiger charge is -2.28. The Morgan fingerprint density at radius 1 is 0.294 bits per heavy atom. The molecule has 4 nitrogen and oxygen atoms in total. The van der Waals surface area contributed by atoms with Gasteiger partial charge in [0.25, 0.3) is 0 Å². The molecule has 1 aliphatic rings. The maximum atomic E-state index is 7.07. The fourth-order valence-corrected chi connectivity index (χ4v) is 12.9. The Kier molecular flexibility index (Phi) is 22.3. The van der Waals surface area contributed by atoms with Crippen molar-refractivity contribution in [1.29, 1.82) is 0 Å². The van der Waals surface area contributed by atoms with Gasteiger partial charge in [-0.25, -0.2) is 0 Å². The van der Waals surface area contributed by atoms with Crippen LogP contribution in [0.2, 0.25) is 0 Å². The lowest BCUT2D eigenvalue weighted by Crippen LogP contribution is -2.14. The summed E-state index contributed by atoms with van der Waals surface area (Å²) in [6, 6.07) is 18.9. The molecule has 68 heavy (non-hydrogen) atoms. The molecule has 5 rings (SSSR count). The van der Waals surface area contributed by atoms with E-state index in [1.807, 2.05) is 0 Å². The van der Waals surface area contributed by atoms with Crippen LogP contribution in [0.4, 0.5) is 0 Å². The molecule has 8 bridgehead atoms. The van der Waals surface area contributed by atoms with Crippen molar-refractivity contribution in [1.82, 2.24) is 0 Å². The molecule has 4 aromatic carbocycles. The van der Waals surface area contributed by atoms with Gasteiger partial charge in [-0.3, -0.25) is 0 Å². The third-order valence-corrected chi connectivity index (χ3v) is 17.1. The first-order valence-corrected chi connectivity index (χ1v) is 30.3. The van der Waals surface area contributed by atoms with Gasteiger partial charge in [0.1, 0.15) is 23.0 Å². The van der Waals surface area contributed by atoms with Gasteiger partial charge in [0.15, 0.2) is 0 Å². The molecule has 0 spiro atoms. The molecule has 12 heteroatoms. The molecule has 0 saturated carbocycles. The minimum absolute atomic E-state index is 0.145. The largest absolute Gasteiger partial charge is 0.491 e. The van der Waals surface area contributed by atoms with Crippen molar-refractivity contribution in [3.63, 3.8) is 0 Å². The number of benzene rings is 4. The topological polar surface area (TPSA) is 36.9 Å². The zero-order valence-electron chi connectivity index (χ0n) is 43.0. The van der Waals surface area contributed by atoms with Crippen LogP contribution in [-0.4, -0.2) is 49.4 Å². The second-order valence-corrected chi connectivity index (χ2v) is 27.9. The number of thiol groups is 4. The predicted molar refractivity (Wildman–Crippen MR) is 311 cm³/mol. The van der Waals surface area contributed by atoms with Crippen LogP contribution in [0.25, 0.3) is 0 Å². The van der Waals surface area contributed by atoms with Crippen LogP contribution >= 0.6 is 97.6 Å². The van der Waals surface area contributed by atoms with Crippen LogP contribution in [-0.2, 0) is 21.7 Å². The molecule has 376 valence electrons. The Bertz CT molecular complexity index is 1850. The monoisotopic (exact) mass is 1070 g/mol. The summed E-state index contributed by atoms with van der Waals surface area (Å²) in [5, 5.41) is 0. The summed E-state index contributed by atoms with van der Waals surface area (Å²) < 4.78 is 28.3. The highest BCUT2D eigenvalue weighted by atomic mass is 32.2. The highest BCUT2D eigenvalue weighted by Gasteiger charge is 2.30. The Hall–Kier alpha value is -1.12. The fourth-order valence-electron chi connectivity index (χ4n) is 7.24. The maximum Gasteiger partial charge on any atom is 0.147 e. The van der Waals surface area contributed by atoms with Crippen molar-refractivity contribution in [2.75, 3.05) is 49.4 Å². The van der Waals surface area contributed by atoms with Gasteiger partial charge in [0.2, 0.25) is 0 Å². The molecule has 1 heterocycles. The Morgan fingerprint density at radius 3 is 0.588 bits per heavy atom. The van der Waals surface area contributed by atoms with Crippen LogP contribution in [0.3, 0.4) is 0 Å². The third-order valence-electron chi connectivity index (χ3n) is 11.6. The summed E-state index contributed by atoms with van der Waals surface area (Å²) >= 11 is 25.3. The van der Waals surface area contributed by atoms with Gasteiger partial charge in [-0.2, -0.15) is 50.5 Å². The average molecular weight is 1070 g/mol. The summed E-state index contributed by atoms with van der Waals surface area (Å²) in [4.78, 5) is 8.58. The van der Waals surface area contributed by atoms with E-state index in [0.29, 0.717) is 26.4 Å². The van der Waals surface area contributed by atoms with Gasteiger partial charge in [-0.05, 0) is 167 Å². The van der Waals surface area contributed by atoms with E-state index in [9.17, 15) is 0 Å². The molecular weight excluding hydrogens is 993 g/mol. The molecule has 0 saturated heterocycles. The normalized spacial score (nSPS) is 13.4. The maximum absolute atomic E-state index is 7.07. The van der Waals surface area contributed by atoms with Crippen molar-refractivity contribution in [2.24, 2.45) is 0 Å². The molecule has 0 aliphatic carbocycles. The zero-order chi connectivity index (χ0) is 49.9. The second-order valence-electron chi connectivity index (χ2n) is 21.7. The molecule has 0 atom stereocenters. The Morgan fingerprint density at radius 2 is 0.456 bits per heavy atom. The van der Waals surface area contributed by atoms with E-state index in [4.69, 9.17) is 18.9 Å². The number of fused-ring (bicyclic) bond motifs is 8. The lowest BCUT2D eigenvalue weighted by molar-refractivity contribution is 0.292. The van der Waals surface area contributed by atoms with E-state index in [1.165, 1.54) is 22.3 Å². The fraction of sp³-hybridized carbons (Fsp3) is 0.571. The van der Waals surface area contributed by atoms with Crippen LogP contribution in [0.15, 0.2) is 87.7 Å². The highest BCUT2D eigenvalue weighted by Crippen LogP contribution is 2.56. The van der Waals surface area contributed by atoms with E-state index in [-0.39, 0.29) is 21.7 Å². The molecule has 0 unspecified atom stereocenters. The van der Waals surface area contributed by atoms with Gasteiger partial charge in [-0.15, -0.1) is 0 Å². The quantitative estimate of drug-likeness (QED) is 0.0454. The summed E-state index contributed by atoms with van der Waals surface area (Å²) in [5.41, 5.74) is 4.39. The molecule has 4 aromatic rings. The van der Waals surface area contributed by atoms with Crippen LogP contribution in [0.1, 0.15) is 157 Å².